The molecule has 1 saturated heterocycles. The first kappa shape index (κ1) is 14.3. The number of thiophene rings is 1. The van der Waals surface area contributed by atoms with E-state index in [1.54, 1.807) is 17.5 Å². The summed E-state index contributed by atoms with van der Waals surface area (Å²) in [5.74, 6) is 0.521. The Labute approximate surface area is 131 Å². The van der Waals surface area contributed by atoms with Gasteiger partial charge in [0.25, 0.3) is 0 Å². The maximum atomic E-state index is 10.9. The van der Waals surface area contributed by atoms with Gasteiger partial charge in [-0.3, -0.25) is 0 Å². The van der Waals surface area contributed by atoms with Gasteiger partial charge in [-0.1, -0.05) is 6.07 Å². The lowest BCUT2D eigenvalue weighted by atomic mass is 10.3. The highest BCUT2D eigenvalue weighted by Gasteiger charge is 2.23. The summed E-state index contributed by atoms with van der Waals surface area (Å²) in [6.07, 6.45) is 0.741. The van der Waals surface area contributed by atoms with Crippen molar-refractivity contribution in [3.8, 4) is 16.6 Å². The Morgan fingerprint density at radius 3 is 2.73 bits per heavy atom. The molecule has 0 aliphatic carbocycles. The molecule has 1 N–H and O–H groups in total. The van der Waals surface area contributed by atoms with E-state index in [0.717, 1.165) is 4.88 Å². The Hall–Kier alpha value is -2.66. The van der Waals surface area contributed by atoms with E-state index in [2.05, 4.69) is 16.0 Å². The summed E-state index contributed by atoms with van der Waals surface area (Å²) in [5.41, 5.74) is 0.953. The van der Waals surface area contributed by atoms with Gasteiger partial charge in [0.1, 0.15) is 11.8 Å². The Morgan fingerprint density at radius 1 is 1.36 bits per heavy atom. The van der Waals surface area contributed by atoms with Crippen LogP contribution in [0.1, 0.15) is 5.69 Å². The third kappa shape index (κ3) is 2.71. The molecule has 0 atom stereocenters. The van der Waals surface area contributed by atoms with Gasteiger partial charge < -0.3 is 14.9 Å². The molecule has 0 saturated carbocycles. The quantitative estimate of drug-likeness (QED) is 0.909. The van der Waals surface area contributed by atoms with Gasteiger partial charge in [-0.2, -0.15) is 5.26 Å². The van der Waals surface area contributed by atoms with E-state index in [4.69, 9.17) is 5.11 Å². The van der Waals surface area contributed by atoms with Crippen molar-refractivity contribution in [1.82, 2.24) is 14.9 Å². The molecule has 2 aromatic rings. The van der Waals surface area contributed by atoms with E-state index in [1.807, 2.05) is 22.4 Å². The Kier molecular flexibility index (Phi) is 3.89. The highest BCUT2D eigenvalue weighted by atomic mass is 32.1. The minimum absolute atomic E-state index is 0.273. The average Bonchev–Trinajstić information content (AvgIpc) is 3.09. The van der Waals surface area contributed by atoms with Crippen molar-refractivity contribution in [2.45, 2.75) is 0 Å². The lowest BCUT2D eigenvalue weighted by molar-refractivity contribution is 0.142. The van der Waals surface area contributed by atoms with Gasteiger partial charge in [0.15, 0.2) is 11.5 Å². The molecule has 0 radical (unpaired) electrons. The minimum atomic E-state index is -0.917. The molecule has 22 heavy (non-hydrogen) atoms. The van der Waals surface area contributed by atoms with Crippen LogP contribution < -0.4 is 4.90 Å². The van der Waals surface area contributed by atoms with Gasteiger partial charge in [0.2, 0.25) is 0 Å². The normalized spacial score (nSPS) is 14.7. The van der Waals surface area contributed by atoms with Crippen molar-refractivity contribution in [2.24, 2.45) is 0 Å². The first-order valence-electron chi connectivity index (χ1n) is 6.73. The van der Waals surface area contributed by atoms with E-state index in [-0.39, 0.29) is 5.69 Å². The lowest BCUT2D eigenvalue weighted by Gasteiger charge is -2.33. The van der Waals surface area contributed by atoms with E-state index in [1.165, 1.54) is 4.90 Å². The van der Waals surface area contributed by atoms with E-state index in [0.29, 0.717) is 37.7 Å². The van der Waals surface area contributed by atoms with Crippen molar-refractivity contribution in [2.75, 3.05) is 31.1 Å². The molecule has 112 valence electrons. The highest BCUT2D eigenvalue weighted by molar-refractivity contribution is 7.13. The van der Waals surface area contributed by atoms with Crippen LogP contribution in [-0.4, -0.2) is 52.2 Å². The number of hydrogen-bond donors (Lipinski definition) is 1. The smallest absolute Gasteiger partial charge is 0.407 e. The number of aromatic nitrogens is 2. The lowest BCUT2D eigenvalue weighted by Crippen LogP contribution is -2.48. The fraction of sp³-hybridized carbons (Fsp3) is 0.286. The first-order valence-corrected chi connectivity index (χ1v) is 7.61. The zero-order valence-electron chi connectivity index (χ0n) is 11.6. The summed E-state index contributed by atoms with van der Waals surface area (Å²) in [6.45, 7) is 1.81. The molecule has 7 nitrogen and oxygen atoms in total. The third-order valence-electron chi connectivity index (χ3n) is 3.48. The van der Waals surface area contributed by atoms with Gasteiger partial charge in [-0.25, -0.2) is 14.8 Å². The molecule has 0 aromatic carbocycles. The summed E-state index contributed by atoms with van der Waals surface area (Å²) >= 11 is 1.54. The molecule has 1 aliphatic heterocycles. The maximum absolute atomic E-state index is 10.9. The SMILES string of the molecule is N#Cc1nc(-c2cccs2)cnc1N1CCN(C(=O)O)CC1. The molecule has 3 heterocycles. The number of amides is 1. The van der Waals surface area contributed by atoms with Crippen molar-refractivity contribution in [3.63, 3.8) is 0 Å². The molecule has 2 aromatic heterocycles. The second-order valence-electron chi connectivity index (χ2n) is 4.77. The van der Waals surface area contributed by atoms with Gasteiger partial charge >= 0.3 is 6.09 Å². The summed E-state index contributed by atoms with van der Waals surface area (Å²) in [6, 6.07) is 5.94. The fourth-order valence-electron chi connectivity index (χ4n) is 2.34. The molecule has 1 fully saturated rings. The van der Waals surface area contributed by atoms with Crippen LogP contribution in [0.25, 0.3) is 10.6 Å². The molecule has 1 aliphatic rings. The van der Waals surface area contributed by atoms with Crippen LogP contribution in [0.4, 0.5) is 10.6 Å². The number of hydrogen-bond acceptors (Lipinski definition) is 6. The Bertz CT molecular complexity index is 717. The number of carbonyl (C=O) groups is 1. The molecule has 1 amide bonds. The second-order valence-corrected chi connectivity index (χ2v) is 5.72. The fourth-order valence-corrected chi connectivity index (χ4v) is 3.02. The van der Waals surface area contributed by atoms with Gasteiger partial charge in [-0.15, -0.1) is 11.3 Å². The molecule has 0 bridgehead atoms. The largest absolute Gasteiger partial charge is 0.465 e. The summed E-state index contributed by atoms with van der Waals surface area (Å²) in [4.78, 5) is 23.9. The van der Waals surface area contributed by atoms with E-state index >= 15 is 0 Å². The van der Waals surface area contributed by atoms with Gasteiger partial charge in [0, 0.05) is 26.2 Å². The number of anilines is 1. The third-order valence-corrected chi connectivity index (χ3v) is 4.37. The topological polar surface area (TPSA) is 93.4 Å². The maximum Gasteiger partial charge on any atom is 0.407 e. The van der Waals surface area contributed by atoms with Crippen LogP contribution in [0.2, 0.25) is 0 Å². The second kappa shape index (κ2) is 5.99. The summed E-state index contributed by atoms with van der Waals surface area (Å²) in [7, 11) is 0. The van der Waals surface area contributed by atoms with Gasteiger partial charge in [-0.05, 0) is 11.4 Å². The van der Waals surface area contributed by atoms with Crippen molar-refractivity contribution < 1.29 is 9.90 Å². The van der Waals surface area contributed by atoms with Crippen molar-refractivity contribution in [1.29, 1.82) is 5.26 Å². The van der Waals surface area contributed by atoms with Crippen LogP contribution in [-0.2, 0) is 0 Å². The van der Waals surface area contributed by atoms with E-state index in [9.17, 15) is 10.1 Å². The standard InChI is InChI=1S/C14H13N5O2S/c15-8-10-13(18-3-5-19(6-4-18)14(20)21)16-9-11(17-10)12-2-1-7-22-12/h1-2,7,9H,3-6H2,(H,20,21). The summed E-state index contributed by atoms with van der Waals surface area (Å²) in [5, 5.41) is 20.2. The molecular formula is C14H13N5O2S. The van der Waals surface area contributed by atoms with Crippen LogP contribution in [0, 0.1) is 11.3 Å². The monoisotopic (exact) mass is 315 g/mol. The van der Waals surface area contributed by atoms with Gasteiger partial charge in [0.05, 0.1) is 11.1 Å². The Morgan fingerprint density at radius 2 is 2.14 bits per heavy atom. The average molecular weight is 315 g/mol. The molecular weight excluding hydrogens is 302 g/mol. The molecule has 0 unspecified atom stereocenters. The summed E-state index contributed by atoms with van der Waals surface area (Å²) < 4.78 is 0. The van der Waals surface area contributed by atoms with Crippen LogP contribution in [0.5, 0.6) is 0 Å². The zero-order chi connectivity index (χ0) is 15.5. The van der Waals surface area contributed by atoms with Crippen LogP contribution in [0.3, 0.4) is 0 Å². The number of rotatable bonds is 2. The van der Waals surface area contributed by atoms with Crippen LogP contribution in [0.15, 0.2) is 23.7 Å². The molecule has 0 spiro atoms. The van der Waals surface area contributed by atoms with Crippen LogP contribution >= 0.6 is 11.3 Å². The molecule has 8 heteroatoms. The van der Waals surface area contributed by atoms with E-state index < -0.39 is 6.09 Å². The number of nitriles is 1. The predicted molar refractivity (Wildman–Crippen MR) is 81.9 cm³/mol. The van der Waals surface area contributed by atoms with Crippen molar-refractivity contribution in [3.05, 3.63) is 29.4 Å². The minimum Gasteiger partial charge on any atom is -0.465 e. The first-order chi connectivity index (χ1) is 10.7. The molecule has 3 rings (SSSR count). The zero-order valence-corrected chi connectivity index (χ0v) is 12.5. The number of piperazine rings is 1. The predicted octanol–water partition coefficient (Wildman–Crippen LogP) is 1.88. The Balaban J connectivity index is 1.83. The highest BCUT2D eigenvalue weighted by Crippen LogP contribution is 2.25. The van der Waals surface area contributed by atoms with Crippen molar-refractivity contribution >= 4 is 23.2 Å². The number of carboxylic acid groups (broad SMARTS) is 1. The number of nitrogens with zero attached hydrogens (tertiary/aromatic N) is 5.